The van der Waals surface area contributed by atoms with Gasteiger partial charge in [0.15, 0.2) is 9.84 Å². The SMILES string of the molecule is CC1CCN(C(=O)CN(C)CCCOc2cccc(S(C)(=O)=O)c2)CC1. The highest BCUT2D eigenvalue weighted by Crippen LogP contribution is 2.18. The number of benzene rings is 1. The number of carbonyl (C=O) groups is 1. The first-order chi connectivity index (χ1) is 12.3. The van der Waals surface area contributed by atoms with E-state index in [1.807, 2.05) is 16.8 Å². The third kappa shape index (κ3) is 6.61. The third-order valence-electron chi connectivity index (χ3n) is 4.73. The Morgan fingerprint density at radius 2 is 2.00 bits per heavy atom. The van der Waals surface area contributed by atoms with Gasteiger partial charge in [-0.3, -0.25) is 9.69 Å². The normalized spacial score (nSPS) is 16.1. The first-order valence-corrected chi connectivity index (χ1v) is 11.0. The Kier molecular flexibility index (Phi) is 7.46. The summed E-state index contributed by atoms with van der Waals surface area (Å²) < 4.78 is 28.8. The predicted molar refractivity (Wildman–Crippen MR) is 102 cm³/mol. The van der Waals surface area contributed by atoms with Gasteiger partial charge >= 0.3 is 0 Å². The molecule has 0 N–H and O–H groups in total. The van der Waals surface area contributed by atoms with E-state index in [4.69, 9.17) is 4.74 Å². The number of piperidine rings is 1. The molecule has 0 atom stereocenters. The van der Waals surface area contributed by atoms with Gasteiger partial charge < -0.3 is 9.64 Å². The van der Waals surface area contributed by atoms with Crippen molar-refractivity contribution >= 4 is 15.7 Å². The molecule has 1 aromatic rings. The predicted octanol–water partition coefficient (Wildman–Crippen LogP) is 2.05. The van der Waals surface area contributed by atoms with Crippen LogP contribution in [0, 0.1) is 5.92 Å². The Hall–Kier alpha value is -1.60. The standard InChI is InChI=1S/C19H30N2O4S/c1-16-8-11-21(12-9-16)19(22)15-20(2)10-5-13-25-17-6-4-7-18(14-17)26(3,23)24/h4,6-7,14,16H,5,8-13,15H2,1-3H3. The second-order valence-electron chi connectivity index (χ2n) is 7.25. The molecule has 146 valence electrons. The minimum Gasteiger partial charge on any atom is -0.494 e. The van der Waals surface area contributed by atoms with Crippen LogP contribution in [0.25, 0.3) is 0 Å². The molecular weight excluding hydrogens is 352 g/mol. The van der Waals surface area contributed by atoms with Gasteiger partial charge in [0, 0.05) is 25.9 Å². The molecule has 0 radical (unpaired) electrons. The topological polar surface area (TPSA) is 66.9 Å². The summed E-state index contributed by atoms with van der Waals surface area (Å²) >= 11 is 0. The van der Waals surface area contributed by atoms with Crippen molar-refractivity contribution in [3.8, 4) is 5.75 Å². The van der Waals surface area contributed by atoms with E-state index in [1.54, 1.807) is 24.3 Å². The molecule has 1 aromatic carbocycles. The number of carbonyl (C=O) groups excluding carboxylic acids is 1. The van der Waals surface area contributed by atoms with Crippen molar-refractivity contribution in [3.63, 3.8) is 0 Å². The zero-order chi connectivity index (χ0) is 19.2. The maximum absolute atomic E-state index is 12.3. The second kappa shape index (κ2) is 9.37. The molecule has 6 nitrogen and oxygen atoms in total. The van der Waals surface area contributed by atoms with Crippen LogP contribution in [0.4, 0.5) is 0 Å². The first kappa shape index (κ1) is 20.7. The van der Waals surface area contributed by atoms with Crippen LogP contribution in [0.3, 0.4) is 0 Å². The molecular formula is C19H30N2O4S. The maximum atomic E-state index is 12.3. The van der Waals surface area contributed by atoms with Crippen LogP contribution in [-0.2, 0) is 14.6 Å². The molecule has 0 aliphatic carbocycles. The van der Waals surface area contributed by atoms with Gasteiger partial charge in [0.25, 0.3) is 0 Å². The summed E-state index contributed by atoms with van der Waals surface area (Å²) in [5, 5.41) is 0. The fourth-order valence-electron chi connectivity index (χ4n) is 2.99. The molecule has 1 amide bonds. The molecule has 1 saturated heterocycles. The van der Waals surface area contributed by atoms with Crippen molar-refractivity contribution in [1.29, 1.82) is 0 Å². The molecule has 0 spiro atoms. The zero-order valence-corrected chi connectivity index (χ0v) is 16.8. The lowest BCUT2D eigenvalue weighted by Gasteiger charge is -2.31. The number of amides is 1. The summed E-state index contributed by atoms with van der Waals surface area (Å²) in [4.78, 5) is 16.5. The number of rotatable bonds is 8. The van der Waals surface area contributed by atoms with E-state index < -0.39 is 9.84 Å². The lowest BCUT2D eigenvalue weighted by Crippen LogP contribution is -2.43. The summed E-state index contributed by atoms with van der Waals surface area (Å²) in [7, 11) is -1.29. The van der Waals surface area contributed by atoms with Crippen molar-refractivity contribution in [2.24, 2.45) is 5.92 Å². The van der Waals surface area contributed by atoms with E-state index in [1.165, 1.54) is 6.26 Å². The lowest BCUT2D eigenvalue weighted by atomic mass is 9.99. The van der Waals surface area contributed by atoms with Gasteiger partial charge in [-0.1, -0.05) is 13.0 Å². The van der Waals surface area contributed by atoms with E-state index in [2.05, 4.69) is 6.92 Å². The summed E-state index contributed by atoms with van der Waals surface area (Å²) in [6.45, 7) is 5.63. The van der Waals surface area contributed by atoms with Gasteiger partial charge in [-0.05, 0) is 50.4 Å². The van der Waals surface area contributed by atoms with E-state index in [-0.39, 0.29) is 10.8 Å². The monoisotopic (exact) mass is 382 g/mol. The van der Waals surface area contributed by atoms with Crippen LogP contribution in [0.15, 0.2) is 29.2 Å². The highest BCUT2D eigenvalue weighted by atomic mass is 32.2. The largest absolute Gasteiger partial charge is 0.494 e. The number of likely N-dealkylation sites (tertiary alicyclic amines) is 1. The number of likely N-dealkylation sites (N-methyl/N-ethyl adjacent to an activating group) is 1. The molecule has 1 aliphatic rings. The Bertz CT molecular complexity index is 697. The number of hydrogen-bond donors (Lipinski definition) is 0. The summed E-state index contributed by atoms with van der Waals surface area (Å²) in [6.07, 6.45) is 4.14. The van der Waals surface area contributed by atoms with E-state index in [9.17, 15) is 13.2 Å². The Balaban J connectivity index is 1.68. The van der Waals surface area contributed by atoms with Gasteiger partial charge in [-0.2, -0.15) is 0 Å². The van der Waals surface area contributed by atoms with Crippen LogP contribution in [-0.4, -0.2) is 70.2 Å². The van der Waals surface area contributed by atoms with Gasteiger partial charge in [0.2, 0.25) is 5.91 Å². The lowest BCUT2D eigenvalue weighted by molar-refractivity contribution is -0.133. The highest BCUT2D eigenvalue weighted by molar-refractivity contribution is 7.90. The number of ether oxygens (including phenoxy) is 1. The van der Waals surface area contributed by atoms with E-state index in [0.717, 1.165) is 44.8 Å². The molecule has 1 heterocycles. The average molecular weight is 383 g/mol. The van der Waals surface area contributed by atoms with Crippen LogP contribution in [0.2, 0.25) is 0 Å². The summed E-state index contributed by atoms with van der Waals surface area (Å²) in [5.74, 6) is 1.46. The third-order valence-corrected chi connectivity index (χ3v) is 5.84. The molecule has 0 unspecified atom stereocenters. The molecule has 0 saturated carbocycles. The van der Waals surface area contributed by atoms with Gasteiger partial charge in [0.05, 0.1) is 18.0 Å². The van der Waals surface area contributed by atoms with Gasteiger partial charge in [-0.15, -0.1) is 0 Å². The zero-order valence-electron chi connectivity index (χ0n) is 16.0. The van der Waals surface area contributed by atoms with Crippen molar-refractivity contribution in [1.82, 2.24) is 9.80 Å². The minimum atomic E-state index is -3.23. The summed E-state index contributed by atoms with van der Waals surface area (Å²) in [6, 6.07) is 6.53. The molecule has 1 aliphatic heterocycles. The molecule has 0 aromatic heterocycles. The second-order valence-corrected chi connectivity index (χ2v) is 9.27. The van der Waals surface area contributed by atoms with Gasteiger partial charge in [-0.25, -0.2) is 8.42 Å². The van der Waals surface area contributed by atoms with Crippen LogP contribution < -0.4 is 4.74 Å². The number of hydrogen-bond acceptors (Lipinski definition) is 5. The van der Waals surface area contributed by atoms with Crippen molar-refractivity contribution < 1.29 is 17.9 Å². The Morgan fingerprint density at radius 1 is 1.31 bits per heavy atom. The van der Waals surface area contributed by atoms with Crippen molar-refractivity contribution in [2.75, 3.05) is 46.1 Å². The molecule has 7 heteroatoms. The van der Waals surface area contributed by atoms with E-state index >= 15 is 0 Å². The Labute approximate surface area is 157 Å². The van der Waals surface area contributed by atoms with Crippen LogP contribution >= 0.6 is 0 Å². The summed E-state index contributed by atoms with van der Waals surface area (Å²) in [5.41, 5.74) is 0. The maximum Gasteiger partial charge on any atom is 0.236 e. The number of nitrogens with zero attached hydrogens (tertiary/aromatic N) is 2. The smallest absolute Gasteiger partial charge is 0.236 e. The fourth-order valence-corrected chi connectivity index (χ4v) is 3.64. The molecule has 0 bridgehead atoms. The minimum absolute atomic E-state index is 0.196. The van der Waals surface area contributed by atoms with Gasteiger partial charge in [0.1, 0.15) is 5.75 Å². The highest BCUT2D eigenvalue weighted by Gasteiger charge is 2.20. The molecule has 1 fully saturated rings. The van der Waals surface area contributed by atoms with Crippen molar-refractivity contribution in [2.45, 2.75) is 31.1 Å². The quantitative estimate of drug-likeness (QED) is 0.644. The number of sulfone groups is 1. The van der Waals surface area contributed by atoms with Crippen molar-refractivity contribution in [3.05, 3.63) is 24.3 Å². The van der Waals surface area contributed by atoms with E-state index in [0.29, 0.717) is 18.9 Å². The molecule has 26 heavy (non-hydrogen) atoms. The Morgan fingerprint density at radius 3 is 2.65 bits per heavy atom. The van der Waals surface area contributed by atoms with Crippen LogP contribution in [0.1, 0.15) is 26.2 Å². The van der Waals surface area contributed by atoms with Crippen LogP contribution in [0.5, 0.6) is 5.75 Å². The average Bonchev–Trinajstić information content (AvgIpc) is 2.59. The fraction of sp³-hybridized carbons (Fsp3) is 0.632. The first-order valence-electron chi connectivity index (χ1n) is 9.15. The molecule has 2 rings (SSSR count).